The van der Waals surface area contributed by atoms with Crippen molar-refractivity contribution >= 4 is 21.4 Å². The first-order valence-electron chi connectivity index (χ1n) is 12.7. The molecule has 0 amide bonds. The standard InChI is InChI=1S/C25H42B3NO6/c1-19(2)20(3,4)31-26(30-19)25(17-18-15-13-14-16-29-18,27-32-21(5,6)22(7,8)33-27)28-34-23(9,10)24(11,12)35-28/h13-16H,17H2,1-12H3. The molecule has 3 aliphatic heterocycles. The summed E-state index contributed by atoms with van der Waals surface area (Å²) in [5.41, 5.74) is -2.56. The van der Waals surface area contributed by atoms with Gasteiger partial charge in [0.15, 0.2) is 0 Å². The Bertz CT molecular complexity index is 813. The van der Waals surface area contributed by atoms with Gasteiger partial charge in [-0.05, 0) is 102 Å². The smallest absolute Gasteiger partial charge is 0.403 e. The van der Waals surface area contributed by atoms with Gasteiger partial charge in [0.1, 0.15) is 0 Å². The number of hydrogen-bond donors (Lipinski definition) is 0. The Morgan fingerprint density at radius 3 is 1.14 bits per heavy atom. The second-order valence-electron chi connectivity index (χ2n) is 13.4. The fourth-order valence-electron chi connectivity index (χ4n) is 4.59. The lowest BCUT2D eigenvalue weighted by Gasteiger charge is -2.38. The Labute approximate surface area is 212 Å². The fraction of sp³-hybridized carbons (Fsp3) is 0.800. The summed E-state index contributed by atoms with van der Waals surface area (Å²) in [6.45, 7) is 24.6. The normalized spacial score (nSPS) is 28.1. The van der Waals surface area contributed by atoms with Crippen LogP contribution in [0.1, 0.15) is 88.8 Å². The number of hydrogen-bond acceptors (Lipinski definition) is 7. The summed E-state index contributed by atoms with van der Waals surface area (Å²) in [6, 6.07) is 5.88. The molecule has 0 unspecified atom stereocenters. The van der Waals surface area contributed by atoms with Crippen LogP contribution in [0, 0.1) is 0 Å². The maximum atomic E-state index is 6.73. The molecule has 35 heavy (non-hydrogen) atoms. The molecule has 4 rings (SSSR count). The molecule has 7 nitrogen and oxygen atoms in total. The molecule has 10 heteroatoms. The van der Waals surface area contributed by atoms with E-state index in [-0.39, 0.29) is 0 Å². The lowest BCUT2D eigenvalue weighted by molar-refractivity contribution is 0.00578. The van der Waals surface area contributed by atoms with Gasteiger partial charge in [-0.15, -0.1) is 0 Å². The van der Waals surface area contributed by atoms with E-state index in [1.807, 2.05) is 101 Å². The average molecular weight is 485 g/mol. The summed E-state index contributed by atoms with van der Waals surface area (Å²) in [6.07, 6.45) is 2.21. The van der Waals surface area contributed by atoms with Crippen LogP contribution in [-0.4, -0.2) is 59.9 Å². The molecule has 0 radical (unpaired) electrons. The van der Waals surface area contributed by atoms with E-state index in [9.17, 15) is 0 Å². The highest BCUT2D eigenvalue weighted by Crippen LogP contribution is 2.57. The van der Waals surface area contributed by atoms with Crippen LogP contribution in [0.2, 0.25) is 5.11 Å². The van der Waals surface area contributed by atoms with Crippen LogP contribution in [0.4, 0.5) is 0 Å². The van der Waals surface area contributed by atoms with Crippen molar-refractivity contribution in [1.29, 1.82) is 0 Å². The summed E-state index contributed by atoms with van der Waals surface area (Å²) in [5.74, 6) is 0. The van der Waals surface area contributed by atoms with E-state index in [1.165, 1.54) is 0 Å². The molecular weight excluding hydrogens is 443 g/mol. The Kier molecular flexibility index (Phi) is 6.24. The van der Waals surface area contributed by atoms with Crippen LogP contribution in [-0.2, 0) is 34.3 Å². The van der Waals surface area contributed by atoms with Crippen LogP contribution in [0.25, 0.3) is 0 Å². The molecule has 3 saturated heterocycles. The summed E-state index contributed by atoms with van der Waals surface area (Å²) in [4.78, 5) is 4.66. The Hall–Kier alpha value is -0.895. The number of nitrogens with zero attached hydrogens (tertiary/aromatic N) is 1. The maximum Gasteiger partial charge on any atom is 0.460 e. The average Bonchev–Trinajstić information content (AvgIpc) is 3.15. The molecule has 1 aromatic rings. The van der Waals surface area contributed by atoms with E-state index in [4.69, 9.17) is 27.9 Å². The third-order valence-electron chi connectivity index (χ3n) is 9.29. The van der Waals surface area contributed by atoms with Gasteiger partial charge in [-0.3, -0.25) is 4.98 Å². The van der Waals surface area contributed by atoms with Gasteiger partial charge in [0.2, 0.25) is 0 Å². The van der Waals surface area contributed by atoms with Gasteiger partial charge >= 0.3 is 21.4 Å². The summed E-state index contributed by atoms with van der Waals surface area (Å²) >= 11 is 0. The Morgan fingerprint density at radius 1 is 0.571 bits per heavy atom. The monoisotopic (exact) mass is 485 g/mol. The van der Waals surface area contributed by atoms with Crippen LogP contribution >= 0.6 is 0 Å². The van der Waals surface area contributed by atoms with Crippen molar-refractivity contribution in [3.63, 3.8) is 0 Å². The van der Waals surface area contributed by atoms with Gasteiger partial charge in [0, 0.05) is 11.9 Å². The van der Waals surface area contributed by atoms with Gasteiger partial charge in [-0.25, -0.2) is 0 Å². The highest BCUT2D eigenvalue weighted by atomic mass is 16.7. The Morgan fingerprint density at radius 2 is 0.886 bits per heavy atom. The van der Waals surface area contributed by atoms with E-state index in [0.717, 1.165) is 5.69 Å². The first-order valence-corrected chi connectivity index (χ1v) is 12.7. The molecule has 3 fully saturated rings. The summed E-state index contributed by atoms with van der Waals surface area (Å²) < 4.78 is 40.4. The van der Waals surface area contributed by atoms with Crippen molar-refractivity contribution < 1.29 is 27.9 Å². The largest absolute Gasteiger partial charge is 0.460 e. The number of pyridine rings is 1. The lowest BCUT2D eigenvalue weighted by atomic mass is 9.23. The van der Waals surface area contributed by atoms with Crippen LogP contribution in [0.3, 0.4) is 0 Å². The summed E-state index contributed by atoms with van der Waals surface area (Å²) in [7, 11) is -2.21. The van der Waals surface area contributed by atoms with Crippen LogP contribution < -0.4 is 0 Å². The second-order valence-corrected chi connectivity index (χ2v) is 13.4. The zero-order valence-electron chi connectivity index (χ0n) is 23.6. The third-order valence-corrected chi connectivity index (χ3v) is 9.29. The molecule has 0 N–H and O–H groups in total. The van der Waals surface area contributed by atoms with Gasteiger partial charge in [0.05, 0.1) is 38.7 Å². The van der Waals surface area contributed by atoms with E-state index in [0.29, 0.717) is 6.42 Å². The molecule has 0 aliphatic carbocycles. The van der Waals surface area contributed by atoms with E-state index in [1.54, 1.807) is 6.20 Å². The molecule has 1 aromatic heterocycles. The van der Waals surface area contributed by atoms with Crippen LogP contribution in [0.15, 0.2) is 24.4 Å². The fourth-order valence-corrected chi connectivity index (χ4v) is 4.59. The predicted molar refractivity (Wildman–Crippen MR) is 139 cm³/mol. The van der Waals surface area contributed by atoms with Crippen molar-refractivity contribution in [2.24, 2.45) is 0 Å². The quantitative estimate of drug-likeness (QED) is 0.560. The Balaban J connectivity index is 1.91. The van der Waals surface area contributed by atoms with Gasteiger partial charge in [-0.1, -0.05) is 6.07 Å². The summed E-state index contributed by atoms with van der Waals surface area (Å²) in [5, 5.41) is -1.02. The minimum atomic E-state index is -1.02. The SMILES string of the molecule is CC1(C)OB(C(Cc2ccccn2)(B2OC(C)(C)C(C)(C)O2)B2OC(C)(C)C(C)(C)O2)OC1(C)C. The molecule has 0 aromatic carbocycles. The minimum Gasteiger partial charge on any atom is -0.403 e. The highest BCUT2D eigenvalue weighted by Gasteiger charge is 2.77. The first kappa shape index (κ1) is 27.1. The molecule has 192 valence electrons. The van der Waals surface area contributed by atoms with Gasteiger partial charge in [0.25, 0.3) is 0 Å². The highest BCUT2D eigenvalue weighted by molar-refractivity contribution is 6.89. The molecule has 0 spiro atoms. The van der Waals surface area contributed by atoms with Crippen LogP contribution in [0.5, 0.6) is 0 Å². The zero-order valence-corrected chi connectivity index (χ0v) is 23.6. The molecule has 0 bridgehead atoms. The van der Waals surface area contributed by atoms with Crippen molar-refractivity contribution in [3.05, 3.63) is 30.1 Å². The molecule has 0 atom stereocenters. The second kappa shape index (κ2) is 8.05. The number of rotatable bonds is 5. The first-order chi connectivity index (χ1) is 15.8. The van der Waals surface area contributed by atoms with Crippen molar-refractivity contribution in [1.82, 2.24) is 4.98 Å². The van der Waals surface area contributed by atoms with Gasteiger partial charge in [-0.2, -0.15) is 0 Å². The molecule has 4 heterocycles. The van der Waals surface area contributed by atoms with Gasteiger partial charge < -0.3 is 27.9 Å². The van der Waals surface area contributed by atoms with E-state index >= 15 is 0 Å². The molecular formula is C25H42B3NO6. The van der Waals surface area contributed by atoms with E-state index in [2.05, 4.69) is 4.98 Å². The van der Waals surface area contributed by atoms with Crippen molar-refractivity contribution in [3.8, 4) is 0 Å². The maximum absolute atomic E-state index is 6.73. The lowest BCUT2D eigenvalue weighted by Crippen LogP contribution is -2.60. The van der Waals surface area contributed by atoms with Crippen molar-refractivity contribution in [2.75, 3.05) is 0 Å². The number of aromatic nitrogens is 1. The molecule has 0 saturated carbocycles. The predicted octanol–water partition coefficient (Wildman–Crippen LogP) is 4.72. The minimum absolute atomic E-state index is 0.415. The third kappa shape index (κ3) is 4.22. The zero-order chi connectivity index (χ0) is 26.3. The molecule has 3 aliphatic rings. The van der Waals surface area contributed by atoms with Crippen molar-refractivity contribution in [2.45, 2.75) is 128 Å². The topological polar surface area (TPSA) is 68.3 Å². The van der Waals surface area contributed by atoms with E-state index < -0.39 is 60.1 Å².